The molecule has 2 amide bonds. The third kappa shape index (κ3) is 7.11. The van der Waals surface area contributed by atoms with Crippen LogP contribution in [0.3, 0.4) is 0 Å². The first-order valence-electron chi connectivity index (χ1n) is 12.8. The lowest BCUT2D eigenvalue weighted by Crippen LogP contribution is -2.30. The maximum atomic E-state index is 12.7. The lowest BCUT2D eigenvalue weighted by atomic mass is 10.0. The van der Waals surface area contributed by atoms with Gasteiger partial charge in [-0.05, 0) is 73.5 Å². The zero-order chi connectivity index (χ0) is 28.5. The average Bonchev–Trinajstić information content (AvgIpc) is 2.98. The van der Waals surface area contributed by atoms with Crippen LogP contribution in [0, 0.1) is 0 Å². The summed E-state index contributed by atoms with van der Waals surface area (Å²) in [7, 11) is 3.08. The van der Waals surface area contributed by atoms with E-state index in [2.05, 4.69) is 10.6 Å². The van der Waals surface area contributed by atoms with E-state index in [1.807, 2.05) is 60.7 Å². The molecule has 2 N–H and O–H groups in total. The molecule has 0 aliphatic rings. The summed E-state index contributed by atoms with van der Waals surface area (Å²) in [6.07, 6.45) is -1.42. The maximum absolute atomic E-state index is 12.7. The molecule has 0 saturated heterocycles. The third-order valence-electron chi connectivity index (χ3n) is 6.10. The predicted octanol–water partition coefficient (Wildman–Crippen LogP) is 6.18. The van der Waals surface area contributed by atoms with Crippen LogP contribution in [0.5, 0.6) is 23.0 Å². The number of para-hydroxylation sites is 2. The molecule has 0 aliphatic heterocycles. The van der Waals surface area contributed by atoms with Gasteiger partial charge in [0.2, 0.25) is 0 Å². The first-order chi connectivity index (χ1) is 19.4. The molecule has 8 nitrogen and oxygen atoms in total. The molecule has 0 aliphatic carbocycles. The van der Waals surface area contributed by atoms with Gasteiger partial charge in [-0.15, -0.1) is 0 Å². The molecule has 4 aromatic carbocycles. The van der Waals surface area contributed by atoms with Gasteiger partial charge >= 0.3 is 0 Å². The third-order valence-corrected chi connectivity index (χ3v) is 6.10. The molecule has 0 bridgehead atoms. The Kier molecular flexibility index (Phi) is 9.25. The van der Waals surface area contributed by atoms with E-state index in [1.54, 1.807) is 50.2 Å². The van der Waals surface area contributed by atoms with Gasteiger partial charge < -0.3 is 29.6 Å². The number of anilines is 2. The van der Waals surface area contributed by atoms with Crippen LogP contribution in [-0.2, 0) is 9.59 Å². The van der Waals surface area contributed by atoms with E-state index < -0.39 is 12.2 Å². The highest BCUT2D eigenvalue weighted by Crippen LogP contribution is 2.35. The topological polar surface area (TPSA) is 95.1 Å². The monoisotopic (exact) mass is 540 g/mol. The molecule has 0 fully saturated rings. The minimum atomic E-state index is -0.709. The molecule has 4 aromatic rings. The fourth-order valence-corrected chi connectivity index (χ4v) is 3.93. The van der Waals surface area contributed by atoms with Crippen molar-refractivity contribution in [1.29, 1.82) is 0 Å². The largest absolute Gasteiger partial charge is 0.495 e. The van der Waals surface area contributed by atoms with Crippen LogP contribution in [0.1, 0.15) is 13.8 Å². The zero-order valence-electron chi connectivity index (χ0n) is 22.8. The molecule has 0 aromatic heterocycles. The van der Waals surface area contributed by atoms with E-state index in [4.69, 9.17) is 18.9 Å². The van der Waals surface area contributed by atoms with E-state index in [0.29, 0.717) is 34.4 Å². The van der Waals surface area contributed by atoms with Crippen molar-refractivity contribution in [3.8, 4) is 34.1 Å². The van der Waals surface area contributed by atoms with Crippen molar-refractivity contribution in [2.45, 2.75) is 26.1 Å². The number of methoxy groups -OCH3 is 2. The average molecular weight is 541 g/mol. The highest BCUT2D eigenvalue weighted by Gasteiger charge is 2.19. The van der Waals surface area contributed by atoms with Crippen molar-refractivity contribution in [3.05, 3.63) is 97.1 Å². The second kappa shape index (κ2) is 13.2. The van der Waals surface area contributed by atoms with Gasteiger partial charge in [-0.25, -0.2) is 0 Å². The molecule has 2 atom stereocenters. The van der Waals surface area contributed by atoms with Gasteiger partial charge in [0.25, 0.3) is 11.8 Å². The number of rotatable bonds is 11. The van der Waals surface area contributed by atoms with E-state index in [1.165, 1.54) is 14.2 Å². The molecule has 206 valence electrons. The molecule has 0 unspecified atom stereocenters. The molecular weight excluding hydrogens is 508 g/mol. The number of hydrogen-bond donors (Lipinski definition) is 2. The van der Waals surface area contributed by atoms with Gasteiger partial charge in [-0.3, -0.25) is 9.59 Å². The van der Waals surface area contributed by atoms with Crippen molar-refractivity contribution in [3.63, 3.8) is 0 Å². The summed E-state index contributed by atoms with van der Waals surface area (Å²) in [5, 5.41) is 5.74. The number of ether oxygens (including phenoxy) is 4. The normalized spacial score (nSPS) is 12.0. The minimum Gasteiger partial charge on any atom is -0.495 e. The van der Waals surface area contributed by atoms with Crippen molar-refractivity contribution in [1.82, 2.24) is 0 Å². The number of hydrogen-bond acceptors (Lipinski definition) is 6. The summed E-state index contributed by atoms with van der Waals surface area (Å²) in [5.74, 6) is 1.59. The summed E-state index contributed by atoms with van der Waals surface area (Å²) in [5.41, 5.74) is 2.70. The first-order valence-corrected chi connectivity index (χ1v) is 12.8. The van der Waals surface area contributed by atoms with Gasteiger partial charge in [-0.1, -0.05) is 48.5 Å². The molecule has 8 heteroatoms. The Labute approximate surface area is 233 Å². The number of amides is 2. The van der Waals surface area contributed by atoms with Crippen LogP contribution in [-0.4, -0.2) is 38.2 Å². The number of carbonyl (C=O) groups excluding carboxylic acids is 2. The van der Waals surface area contributed by atoms with E-state index in [-0.39, 0.29) is 11.8 Å². The van der Waals surface area contributed by atoms with E-state index >= 15 is 0 Å². The van der Waals surface area contributed by atoms with Crippen molar-refractivity contribution in [2.24, 2.45) is 0 Å². The van der Waals surface area contributed by atoms with Crippen molar-refractivity contribution in [2.75, 3.05) is 24.9 Å². The van der Waals surface area contributed by atoms with Crippen molar-refractivity contribution < 1.29 is 28.5 Å². The molecular formula is C32H32N2O6. The molecule has 0 spiro atoms. The Bertz CT molecular complexity index is 1330. The molecule has 0 saturated carbocycles. The molecule has 4 rings (SSSR count). The van der Waals surface area contributed by atoms with Crippen LogP contribution in [0.4, 0.5) is 11.4 Å². The van der Waals surface area contributed by atoms with Gasteiger partial charge in [-0.2, -0.15) is 0 Å². The lowest BCUT2D eigenvalue weighted by molar-refractivity contribution is -0.122. The standard InChI is InChI=1S/C32H32N2O6/c1-21(39-25-11-7-5-8-12-25)31(35)33-27-17-15-23(19-29(27)37-3)24-16-18-28(30(20-24)38-4)34-32(36)22(2)40-26-13-9-6-10-14-26/h5-22H,1-4H3,(H,33,35)(H,34,36)/t21-,22-/m0/s1. The Hall–Kier alpha value is -4.98. The maximum Gasteiger partial charge on any atom is 0.265 e. The summed E-state index contributed by atoms with van der Waals surface area (Å²) in [6.45, 7) is 3.37. The summed E-state index contributed by atoms with van der Waals surface area (Å²) in [4.78, 5) is 25.5. The fourth-order valence-electron chi connectivity index (χ4n) is 3.93. The smallest absolute Gasteiger partial charge is 0.265 e. The summed E-state index contributed by atoms with van der Waals surface area (Å²) in [6, 6.07) is 29.2. The van der Waals surface area contributed by atoms with Crippen LogP contribution >= 0.6 is 0 Å². The predicted molar refractivity (Wildman–Crippen MR) is 155 cm³/mol. The second-order valence-electron chi connectivity index (χ2n) is 8.95. The highest BCUT2D eigenvalue weighted by molar-refractivity contribution is 5.97. The Morgan fingerprint density at radius 2 is 0.950 bits per heavy atom. The van der Waals surface area contributed by atoms with Crippen LogP contribution in [0.2, 0.25) is 0 Å². The Morgan fingerprint density at radius 3 is 1.30 bits per heavy atom. The molecule has 40 heavy (non-hydrogen) atoms. The Morgan fingerprint density at radius 1 is 0.575 bits per heavy atom. The quantitative estimate of drug-likeness (QED) is 0.236. The number of nitrogens with one attached hydrogen (secondary N) is 2. The van der Waals surface area contributed by atoms with Gasteiger partial charge in [0.05, 0.1) is 25.6 Å². The lowest BCUT2D eigenvalue weighted by Gasteiger charge is -2.18. The number of benzene rings is 4. The number of carbonyl (C=O) groups is 2. The zero-order valence-corrected chi connectivity index (χ0v) is 22.8. The minimum absolute atomic E-state index is 0.304. The SMILES string of the molecule is COc1cc(-c2ccc(NC(=O)[C@H](C)Oc3ccccc3)c(OC)c2)ccc1NC(=O)[C@H](C)Oc1ccccc1. The van der Waals surface area contributed by atoms with Crippen LogP contribution < -0.4 is 29.6 Å². The van der Waals surface area contributed by atoms with E-state index in [9.17, 15) is 9.59 Å². The van der Waals surface area contributed by atoms with Crippen LogP contribution in [0.15, 0.2) is 97.1 Å². The van der Waals surface area contributed by atoms with Gasteiger partial charge in [0, 0.05) is 0 Å². The fraction of sp³-hybridized carbons (Fsp3) is 0.188. The van der Waals surface area contributed by atoms with Gasteiger partial charge in [0.1, 0.15) is 23.0 Å². The highest BCUT2D eigenvalue weighted by atomic mass is 16.5. The molecule has 0 heterocycles. The van der Waals surface area contributed by atoms with Gasteiger partial charge in [0.15, 0.2) is 12.2 Å². The summed E-state index contributed by atoms with van der Waals surface area (Å²) < 4.78 is 22.6. The molecule has 0 radical (unpaired) electrons. The van der Waals surface area contributed by atoms with E-state index in [0.717, 1.165) is 11.1 Å². The summed E-state index contributed by atoms with van der Waals surface area (Å²) >= 11 is 0. The van der Waals surface area contributed by atoms with Crippen molar-refractivity contribution >= 4 is 23.2 Å². The van der Waals surface area contributed by atoms with Crippen LogP contribution in [0.25, 0.3) is 11.1 Å². The Balaban J connectivity index is 1.45. The first kappa shape index (κ1) is 28.0. The second-order valence-corrected chi connectivity index (χ2v) is 8.95.